The molecule has 0 aromatic heterocycles. The zero-order valence-corrected chi connectivity index (χ0v) is 15.8. The molecule has 0 radical (unpaired) electrons. The van der Waals surface area contributed by atoms with Crippen LogP contribution in [0.4, 0.5) is 4.79 Å². The summed E-state index contributed by atoms with van der Waals surface area (Å²) in [6, 6.07) is 14.8. The lowest BCUT2D eigenvalue weighted by Crippen LogP contribution is -2.50. The van der Waals surface area contributed by atoms with Crippen molar-refractivity contribution in [1.82, 2.24) is 15.1 Å². The maximum absolute atomic E-state index is 13.5. The highest BCUT2D eigenvalue weighted by Crippen LogP contribution is 2.44. The Morgan fingerprint density at radius 1 is 0.931 bits per heavy atom. The first kappa shape index (κ1) is 17.7. The summed E-state index contributed by atoms with van der Waals surface area (Å²) in [6.07, 6.45) is 1.19. The summed E-state index contributed by atoms with van der Waals surface area (Å²) >= 11 is 0. The van der Waals surface area contributed by atoms with Gasteiger partial charge in [-0.3, -0.25) is 14.5 Å². The normalized spacial score (nSPS) is 19.4. The number of urea groups is 1. The number of carbonyl (C=O) groups is 3. The summed E-state index contributed by atoms with van der Waals surface area (Å²) < 4.78 is 5.99. The lowest BCUT2D eigenvalue weighted by Gasteiger charge is -2.38. The van der Waals surface area contributed by atoms with E-state index in [0.717, 1.165) is 11.1 Å². The molecule has 4 amide bonds. The summed E-state index contributed by atoms with van der Waals surface area (Å²) in [4.78, 5) is 40.6. The number of nitrogens with one attached hydrogen (secondary N) is 1. The number of carbonyl (C=O) groups excluding carboxylic acids is 3. The fourth-order valence-corrected chi connectivity index (χ4v) is 4.51. The van der Waals surface area contributed by atoms with Crippen molar-refractivity contribution in [3.8, 4) is 11.5 Å². The standard InChI is InChI=1S/C22H21N3O4/c26-19-13-23-22(28)25(19)14-9-11-24(12-10-14)21(27)20-15-5-1-3-7-17(15)29-18-8-4-2-6-16(18)20/h1-8,14,20H,9-13H2,(H,23,28). The van der Waals surface area contributed by atoms with Gasteiger partial charge in [0.15, 0.2) is 0 Å². The minimum atomic E-state index is -0.413. The number of imide groups is 1. The van der Waals surface area contributed by atoms with Crippen LogP contribution in [0.15, 0.2) is 48.5 Å². The third-order valence-electron chi connectivity index (χ3n) is 5.95. The van der Waals surface area contributed by atoms with Gasteiger partial charge in [0.05, 0.1) is 12.5 Å². The summed E-state index contributed by atoms with van der Waals surface area (Å²) in [5.74, 6) is 0.845. The summed E-state index contributed by atoms with van der Waals surface area (Å²) in [6.45, 7) is 1.10. The van der Waals surface area contributed by atoms with E-state index in [-0.39, 0.29) is 30.4 Å². The summed E-state index contributed by atoms with van der Waals surface area (Å²) in [5, 5.41) is 2.57. The molecule has 7 nitrogen and oxygen atoms in total. The van der Waals surface area contributed by atoms with Crippen LogP contribution in [-0.4, -0.2) is 53.3 Å². The first-order valence-electron chi connectivity index (χ1n) is 9.88. The molecule has 3 heterocycles. The SMILES string of the molecule is O=C(C1c2ccccc2Oc2ccccc21)N1CCC(N2C(=O)CNC2=O)CC1. The minimum absolute atomic E-state index is 0.0313. The molecule has 3 aliphatic heterocycles. The molecule has 3 aliphatic rings. The number of hydrogen-bond acceptors (Lipinski definition) is 4. The molecule has 0 bridgehead atoms. The molecule has 7 heteroatoms. The van der Waals surface area contributed by atoms with Gasteiger partial charge < -0.3 is 15.0 Å². The van der Waals surface area contributed by atoms with Crippen LogP contribution in [0.25, 0.3) is 0 Å². The first-order chi connectivity index (χ1) is 14.1. The molecular weight excluding hydrogens is 370 g/mol. The van der Waals surface area contributed by atoms with Gasteiger partial charge in [0.25, 0.3) is 0 Å². The van der Waals surface area contributed by atoms with Crippen LogP contribution in [0.2, 0.25) is 0 Å². The highest BCUT2D eigenvalue weighted by atomic mass is 16.5. The van der Waals surface area contributed by atoms with Gasteiger partial charge in [-0.1, -0.05) is 36.4 Å². The number of rotatable bonds is 2. The van der Waals surface area contributed by atoms with E-state index in [1.807, 2.05) is 53.4 Å². The molecule has 0 atom stereocenters. The van der Waals surface area contributed by atoms with E-state index in [0.29, 0.717) is 37.4 Å². The van der Waals surface area contributed by atoms with E-state index in [4.69, 9.17) is 4.74 Å². The second-order valence-electron chi connectivity index (χ2n) is 7.59. The van der Waals surface area contributed by atoms with Crippen LogP contribution in [0, 0.1) is 0 Å². The van der Waals surface area contributed by atoms with Gasteiger partial charge in [-0.15, -0.1) is 0 Å². The molecule has 2 aromatic rings. The van der Waals surface area contributed by atoms with Crippen molar-refractivity contribution in [1.29, 1.82) is 0 Å². The van der Waals surface area contributed by atoms with E-state index < -0.39 is 5.92 Å². The van der Waals surface area contributed by atoms with Crippen LogP contribution >= 0.6 is 0 Å². The number of nitrogens with zero attached hydrogens (tertiary/aromatic N) is 2. The molecular formula is C22H21N3O4. The Kier molecular flexibility index (Phi) is 4.23. The zero-order valence-electron chi connectivity index (χ0n) is 15.8. The van der Waals surface area contributed by atoms with Crippen molar-refractivity contribution in [3.63, 3.8) is 0 Å². The fourth-order valence-electron chi connectivity index (χ4n) is 4.51. The molecule has 148 valence electrons. The average Bonchev–Trinajstić information content (AvgIpc) is 3.09. The Labute approximate surface area is 168 Å². The Morgan fingerprint density at radius 2 is 1.52 bits per heavy atom. The first-order valence-corrected chi connectivity index (χ1v) is 9.88. The highest BCUT2D eigenvalue weighted by Gasteiger charge is 2.40. The van der Waals surface area contributed by atoms with Gasteiger partial charge in [-0.25, -0.2) is 4.79 Å². The zero-order chi connectivity index (χ0) is 20.0. The minimum Gasteiger partial charge on any atom is -0.457 e. The molecule has 1 N–H and O–H groups in total. The molecule has 0 spiro atoms. The molecule has 29 heavy (non-hydrogen) atoms. The highest BCUT2D eigenvalue weighted by molar-refractivity contribution is 6.02. The maximum Gasteiger partial charge on any atom is 0.324 e. The van der Waals surface area contributed by atoms with Gasteiger partial charge in [0.1, 0.15) is 11.5 Å². The monoisotopic (exact) mass is 391 g/mol. The second-order valence-corrected chi connectivity index (χ2v) is 7.59. The Balaban J connectivity index is 1.38. The van der Waals surface area contributed by atoms with Gasteiger partial charge >= 0.3 is 6.03 Å². The van der Waals surface area contributed by atoms with Gasteiger partial charge in [-0.05, 0) is 25.0 Å². The molecule has 2 fully saturated rings. The third-order valence-corrected chi connectivity index (χ3v) is 5.95. The number of benzene rings is 2. The molecule has 2 saturated heterocycles. The quantitative estimate of drug-likeness (QED) is 0.798. The number of fused-ring (bicyclic) bond motifs is 2. The maximum atomic E-state index is 13.5. The van der Waals surface area contributed by atoms with E-state index >= 15 is 0 Å². The molecule has 0 saturated carbocycles. The summed E-state index contributed by atoms with van der Waals surface area (Å²) in [7, 11) is 0. The van der Waals surface area contributed by atoms with Crippen LogP contribution in [0.5, 0.6) is 11.5 Å². The lowest BCUT2D eigenvalue weighted by molar-refractivity contribution is -0.134. The lowest BCUT2D eigenvalue weighted by atomic mass is 9.86. The van der Waals surface area contributed by atoms with Crippen molar-refractivity contribution in [2.24, 2.45) is 0 Å². The summed E-state index contributed by atoms with van der Waals surface area (Å²) in [5.41, 5.74) is 1.74. The van der Waals surface area contributed by atoms with Gasteiger partial charge in [0, 0.05) is 30.3 Å². The average molecular weight is 391 g/mol. The Hall–Kier alpha value is -3.35. The Bertz CT molecular complexity index is 936. The van der Waals surface area contributed by atoms with E-state index in [9.17, 15) is 14.4 Å². The van der Waals surface area contributed by atoms with Crippen molar-refractivity contribution in [2.75, 3.05) is 19.6 Å². The number of hydrogen-bond donors (Lipinski definition) is 1. The third kappa shape index (κ3) is 2.93. The molecule has 2 aromatic carbocycles. The topological polar surface area (TPSA) is 79.0 Å². The second kappa shape index (κ2) is 6.92. The van der Waals surface area contributed by atoms with E-state index in [1.165, 1.54) is 4.90 Å². The van der Waals surface area contributed by atoms with Gasteiger partial charge in [0.2, 0.25) is 11.8 Å². The van der Waals surface area contributed by atoms with Crippen molar-refractivity contribution >= 4 is 17.8 Å². The van der Waals surface area contributed by atoms with Crippen molar-refractivity contribution in [2.45, 2.75) is 24.8 Å². The van der Waals surface area contributed by atoms with Crippen molar-refractivity contribution in [3.05, 3.63) is 59.7 Å². The number of likely N-dealkylation sites (tertiary alicyclic amines) is 1. The van der Waals surface area contributed by atoms with Crippen LogP contribution in [-0.2, 0) is 9.59 Å². The fraction of sp³-hybridized carbons (Fsp3) is 0.318. The van der Waals surface area contributed by atoms with E-state index in [1.54, 1.807) is 0 Å². The predicted molar refractivity (Wildman–Crippen MR) is 105 cm³/mol. The number of para-hydroxylation sites is 2. The Morgan fingerprint density at radius 3 is 2.07 bits per heavy atom. The van der Waals surface area contributed by atoms with Crippen LogP contribution in [0.1, 0.15) is 29.9 Å². The largest absolute Gasteiger partial charge is 0.457 e. The number of piperidine rings is 1. The van der Waals surface area contributed by atoms with Gasteiger partial charge in [-0.2, -0.15) is 0 Å². The number of amides is 4. The molecule has 0 aliphatic carbocycles. The number of ether oxygens (including phenoxy) is 1. The van der Waals surface area contributed by atoms with Crippen LogP contribution < -0.4 is 10.1 Å². The molecule has 0 unspecified atom stereocenters. The molecule has 5 rings (SSSR count). The smallest absolute Gasteiger partial charge is 0.324 e. The predicted octanol–water partition coefficient (Wildman–Crippen LogP) is 2.47. The van der Waals surface area contributed by atoms with Crippen LogP contribution in [0.3, 0.4) is 0 Å². The van der Waals surface area contributed by atoms with Crippen molar-refractivity contribution < 1.29 is 19.1 Å². The van der Waals surface area contributed by atoms with E-state index in [2.05, 4.69) is 5.32 Å².